The third kappa shape index (κ3) is 2.24. The first kappa shape index (κ1) is 13.6. The summed E-state index contributed by atoms with van der Waals surface area (Å²) in [5.74, 6) is 0.136. The molecule has 0 saturated heterocycles. The number of rotatable bonds is 2. The van der Waals surface area contributed by atoms with Crippen LogP contribution in [0.2, 0.25) is 0 Å². The molecule has 2 aliphatic rings. The molecule has 1 unspecified atom stereocenters. The summed E-state index contributed by atoms with van der Waals surface area (Å²) in [6, 6.07) is 8.72. The Morgan fingerprint density at radius 1 is 1.25 bits per heavy atom. The number of nitrogens with zero attached hydrogens (tertiary/aromatic N) is 1. The first-order chi connectivity index (χ1) is 9.62. The van der Waals surface area contributed by atoms with Crippen LogP contribution in [0.4, 0.5) is 0 Å². The predicted octanol–water partition coefficient (Wildman–Crippen LogP) is 2.79. The molecule has 0 aromatic heterocycles. The Bertz CT molecular complexity index is 505. The van der Waals surface area contributed by atoms with Crippen molar-refractivity contribution >= 4 is 5.91 Å². The van der Waals surface area contributed by atoms with Crippen molar-refractivity contribution in [3.8, 4) is 0 Å². The Kier molecular flexibility index (Phi) is 3.55. The number of hydrogen-bond donors (Lipinski definition) is 1. The third-order valence-electron chi connectivity index (χ3n) is 5.05. The number of likely N-dealkylation sites (N-methyl/N-ethyl adjacent to an activating group) is 1. The van der Waals surface area contributed by atoms with E-state index < -0.39 is 5.54 Å². The molecule has 20 heavy (non-hydrogen) atoms. The highest BCUT2D eigenvalue weighted by molar-refractivity contribution is 5.86. The van der Waals surface area contributed by atoms with Crippen LogP contribution in [-0.4, -0.2) is 23.4 Å². The normalized spacial score (nSPS) is 24.2. The largest absolute Gasteiger partial charge is 0.337 e. The third-order valence-corrected chi connectivity index (χ3v) is 5.05. The zero-order chi connectivity index (χ0) is 14.2. The van der Waals surface area contributed by atoms with E-state index in [1.165, 1.54) is 11.1 Å². The van der Waals surface area contributed by atoms with Gasteiger partial charge in [-0.15, -0.1) is 0 Å². The van der Waals surface area contributed by atoms with Crippen LogP contribution >= 0.6 is 0 Å². The molecule has 2 aliphatic carbocycles. The molecule has 0 spiro atoms. The zero-order valence-corrected chi connectivity index (χ0v) is 12.3. The van der Waals surface area contributed by atoms with Gasteiger partial charge in [0.1, 0.15) is 0 Å². The Balaban J connectivity index is 1.84. The van der Waals surface area contributed by atoms with Crippen LogP contribution in [0, 0.1) is 0 Å². The molecule has 1 aromatic carbocycles. The Hall–Kier alpha value is -1.35. The number of carbonyl (C=O) groups excluding carboxylic acids is 1. The van der Waals surface area contributed by atoms with E-state index in [-0.39, 0.29) is 11.9 Å². The lowest BCUT2D eigenvalue weighted by molar-refractivity contribution is -0.138. The summed E-state index contributed by atoms with van der Waals surface area (Å²) >= 11 is 0. The smallest absolute Gasteiger partial charge is 0.242 e. The second kappa shape index (κ2) is 5.21. The fourth-order valence-electron chi connectivity index (χ4n) is 3.84. The minimum atomic E-state index is -0.610. The van der Waals surface area contributed by atoms with E-state index in [1.807, 2.05) is 11.9 Å². The van der Waals surface area contributed by atoms with Gasteiger partial charge in [0.2, 0.25) is 5.91 Å². The van der Waals surface area contributed by atoms with Gasteiger partial charge in [-0.05, 0) is 43.2 Å². The van der Waals surface area contributed by atoms with Crippen molar-refractivity contribution in [2.45, 2.75) is 56.5 Å². The maximum atomic E-state index is 12.8. The summed E-state index contributed by atoms with van der Waals surface area (Å²) < 4.78 is 0. The molecule has 3 heteroatoms. The van der Waals surface area contributed by atoms with E-state index >= 15 is 0 Å². The van der Waals surface area contributed by atoms with Crippen molar-refractivity contribution in [3.05, 3.63) is 35.4 Å². The van der Waals surface area contributed by atoms with E-state index in [0.717, 1.165) is 44.9 Å². The monoisotopic (exact) mass is 272 g/mol. The van der Waals surface area contributed by atoms with Crippen LogP contribution in [-0.2, 0) is 11.2 Å². The lowest BCUT2D eigenvalue weighted by Gasteiger charge is -2.37. The highest BCUT2D eigenvalue weighted by atomic mass is 16.2. The van der Waals surface area contributed by atoms with Gasteiger partial charge < -0.3 is 10.6 Å². The average Bonchev–Trinajstić information content (AvgIpc) is 2.93. The lowest BCUT2D eigenvalue weighted by atomic mass is 9.86. The molecule has 3 rings (SSSR count). The van der Waals surface area contributed by atoms with Gasteiger partial charge in [-0.25, -0.2) is 0 Å². The topological polar surface area (TPSA) is 46.3 Å². The molecule has 108 valence electrons. The second-order valence-electron chi connectivity index (χ2n) is 6.39. The summed E-state index contributed by atoms with van der Waals surface area (Å²) in [7, 11) is 1.93. The molecule has 1 amide bonds. The van der Waals surface area contributed by atoms with Crippen molar-refractivity contribution in [3.63, 3.8) is 0 Å². The van der Waals surface area contributed by atoms with Crippen LogP contribution in [0.15, 0.2) is 24.3 Å². The molecule has 0 heterocycles. The number of hydrogen-bond acceptors (Lipinski definition) is 2. The van der Waals surface area contributed by atoms with E-state index in [9.17, 15) is 4.79 Å². The molecule has 0 bridgehead atoms. The molecule has 1 atom stereocenters. The molecular formula is C17H24N2O. The van der Waals surface area contributed by atoms with Gasteiger partial charge in [0, 0.05) is 7.05 Å². The summed E-state index contributed by atoms with van der Waals surface area (Å²) in [5.41, 5.74) is 8.43. The SMILES string of the molecule is CN(C(=O)C1(N)CCCC1)C1CCCc2ccccc21. The molecule has 3 nitrogen and oxygen atoms in total. The quantitative estimate of drug-likeness (QED) is 0.900. The zero-order valence-electron chi connectivity index (χ0n) is 12.3. The summed E-state index contributed by atoms with van der Waals surface area (Å²) in [6.45, 7) is 0. The standard InChI is InChI=1S/C17H24N2O/c1-19(16(20)17(18)11-4-5-12-17)15-10-6-8-13-7-2-3-9-14(13)15/h2-3,7,9,15H,4-6,8,10-12,18H2,1H3. The Morgan fingerprint density at radius 3 is 2.70 bits per heavy atom. The Morgan fingerprint density at radius 2 is 1.95 bits per heavy atom. The minimum Gasteiger partial charge on any atom is -0.337 e. The second-order valence-corrected chi connectivity index (χ2v) is 6.39. The Labute approximate surface area is 121 Å². The van der Waals surface area contributed by atoms with Gasteiger partial charge in [-0.2, -0.15) is 0 Å². The number of aryl methyl sites for hydroxylation is 1. The number of fused-ring (bicyclic) bond motifs is 1. The van der Waals surface area contributed by atoms with Crippen LogP contribution in [0.25, 0.3) is 0 Å². The van der Waals surface area contributed by atoms with Gasteiger partial charge in [-0.3, -0.25) is 4.79 Å². The fourth-order valence-corrected chi connectivity index (χ4v) is 3.84. The van der Waals surface area contributed by atoms with E-state index in [0.29, 0.717) is 0 Å². The van der Waals surface area contributed by atoms with Gasteiger partial charge in [0.25, 0.3) is 0 Å². The molecule has 1 fully saturated rings. The first-order valence-corrected chi connectivity index (χ1v) is 7.76. The lowest BCUT2D eigenvalue weighted by Crippen LogP contribution is -2.53. The van der Waals surface area contributed by atoms with Crippen molar-refractivity contribution < 1.29 is 4.79 Å². The van der Waals surface area contributed by atoms with Crippen LogP contribution in [0.5, 0.6) is 0 Å². The molecule has 1 aromatic rings. The fraction of sp³-hybridized carbons (Fsp3) is 0.588. The molecule has 1 saturated carbocycles. The molecule has 2 N–H and O–H groups in total. The van der Waals surface area contributed by atoms with Gasteiger partial charge in [0.05, 0.1) is 11.6 Å². The average molecular weight is 272 g/mol. The number of nitrogens with two attached hydrogens (primary N) is 1. The summed E-state index contributed by atoms with van der Waals surface area (Å²) in [6.07, 6.45) is 7.17. The van der Waals surface area contributed by atoms with Gasteiger partial charge >= 0.3 is 0 Å². The van der Waals surface area contributed by atoms with E-state index in [2.05, 4.69) is 24.3 Å². The number of benzene rings is 1. The first-order valence-electron chi connectivity index (χ1n) is 7.76. The maximum absolute atomic E-state index is 12.8. The number of carbonyl (C=O) groups is 1. The van der Waals surface area contributed by atoms with Crippen molar-refractivity contribution in [2.75, 3.05) is 7.05 Å². The van der Waals surface area contributed by atoms with Gasteiger partial charge in [0.15, 0.2) is 0 Å². The minimum absolute atomic E-state index is 0.136. The van der Waals surface area contributed by atoms with Crippen molar-refractivity contribution in [1.29, 1.82) is 0 Å². The van der Waals surface area contributed by atoms with Gasteiger partial charge in [-0.1, -0.05) is 37.1 Å². The van der Waals surface area contributed by atoms with Crippen LogP contribution < -0.4 is 5.73 Å². The number of amides is 1. The van der Waals surface area contributed by atoms with Crippen molar-refractivity contribution in [2.24, 2.45) is 5.73 Å². The van der Waals surface area contributed by atoms with Crippen LogP contribution in [0.3, 0.4) is 0 Å². The summed E-state index contributed by atoms with van der Waals surface area (Å²) in [4.78, 5) is 14.7. The van der Waals surface area contributed by atoms with Crippen molar-refractivity contribution in [1.82, 2.24) is 4.90 Å². The summed E-state index contributed by atoms with van der Waals surface area (Å²) in [5, 5.41) is 0. The molecule has 0 radical (unpaired) electrons. The van der Waals surface area contributed by atoms with E-state index in [4.69, 9.17) is 5.73 Å². The highest BCUT2D eigenvalue weighted by Crippen LogP contribution is 2.36. The van der Waals surface area contributed by atoms with Crippen LogP contribution in [0.1, 0.15) is 55.7 Å². The molecule has 0 aliphatic heterocycles. The predicted molar refractivity (Wildman–Crippen MR) is 80.3 cm³/mol. The highest BCUT2D eigenvalue weighted by Gasteiger charge is 2.41. The molecular weight excluding hydrogens is 248 g/mol. The van der Waals surface area contributed by atoms with E-state index in [1.54, 1.807) is 0 Å². The maximum Gasteiger partial charge on any atom is 0.242 e.